The van der Waals surface area contributed by atoms with E-state index in [4.69, 9.17) is 0 Å². The van der Waals surface area contributed by atoms with Crippen molar-refractivity contribution in [2.75, 3.05) is 0 Å². The van der Waals surface area contributed by atoms with Crippen LogP contribution in [0.5, 0.6) is 0 Å². The number of alkyl halides is 6. The Morgan fingerprint density at radius 1 is 0.477 bits per heavy atom. The summed E-state index contributed by atoms with van der Waals surface area (Å²) in [5.41, 5.74) is -9.46. The predicted molar refractivity (Wildman–Crippen MR) is 170 cm³/mol. The van der Waals surface area contributed by atoms with Crippen molar-refractivity contribution in [1.29, 1.82) is 0 Å². The standard InChI is InChI=1S/2C14H12F3IO3S/c2*1-11-7-5-6-10-13(11)18(12-8-3-2-4-9-12)21-22(19,20)14(15,16)17/h2*2-10H,1H3. The average molecular weight is 888 g/mol. The number of halogens is 8. The molecule has 0 spiro atoms. The van der Waals surface area contributed by atoms with Crippen LogP contribution >= 0.6 is 40.5 Å². The van der Waals surface area contributed by atoms with E-state index in [2.05, 4.69) is 5.03 Å². The molecule has 4 aromatic rings. The van der Waals surface area contributed by atoms with Crippen molar-refractivity contribution >= 4 is 60.7 Å². The van der Waals surface area contributed by atoms with E-state index in [-0.39, 0.29) is 0 Å². The van der Waals surface area contributed by atoms with Crippen LogP contribution in [-0.4, -0.2) is 27.9 Å². The van der Waals surface area contributed by atoms with E-state index in [1.807, 2.05) is 0 Å². The molecule has 4 aromatic carbocycles. The summed E-state index contributed by atoms with van der Waals surface area (Å²) in [6.45, 7) is 3.43. The maximum atomic E-state index is 12.6. The Kier molecular flexibility index (Phi) is 12.3. The minimum absolute atomic E-state index is 0.480. The molecule has 0 amide bonds. The molecule has 4 rings (SSSR count). The van der Waals surface area contributed by atoms with Gasteiger partial charge in [-0.25, -0.2) is 0 Å². The molecule has 240 valence electrons. The van der Waals surface area contributed by atoms with Gasteiger partial charge in [0.2, 0.25) is 0 Å². The molecular formula is C28H24F6I2O6S2. The van der Waals surface area contributed by atoms with Gasteiger partial charge in [0.15, 0.2) is 0 Å². The second-order valence-corrected chi connectivity index (χ2v) is 21.3. The number of benzene rings is 4. The van der Waals surface area contributed by atoms with Gasteiger partial charge in [0, 0.05) is 0 Å². The second-order valence-electron chi connectivity index (χ2n) is 8.51. The molecule has 0 N–H and O–H groups in total. The third kappa shape index (κ3) is 9.38. The van der Waals surface area contributed by atoms with Crippen molar-refractivity contribution in [2.24, 2.45) is 0 Å². The van der Waals surface area contributed by atoms with Crippen molar-refractivity contribution in [3.8, 4) is 0 Å². The van der Waals surface area contributed by atoms with Gasteiger partial charge in [-0.05, 0) is 0 Å². The van der Waals surface area contributed by atoms with Gasteiger partial charge in [-0.15, -0.1) is 0 Å². The minimum atomic E-state index is -5.64. The van der Waals surface area contributed by atoms with Crippen molar-refractivity contribution in [2.45, 2.75) is 24.9 Å². The van der Waals surface area contributed by atoms with E-state index in [1.165, 1.54) is 0 Å². The van der Waals surface area contributed by atoms with E-state index in [0.717, 1.165) is 0 Å². The van der Waals surface area contributed by atoms with E-state index < -0.39 is 71.7 Å². The quantitative estimate of drug-likeness (QED) is 0.100. The van der Waals surface area contributed by atoms with Crippen LogP contribution < -0.4 is 0 Å². The van der Waals surface area contributed by atoms with Crippen LogP contribution in [0.4, 0.5) is 26.3 Å². The Labute approximate surface area is 266 Å². The van der Waals surface area contributed by atoms with Crippen LogP contribution in [0.15, 0.2) is 109 Å². The summed E-state index contributed by atoms with van der Waals surface area (Å²) in [7, 11) is -11.3. The molecule has 0 atom stereocenters. The molecule has 0 fully saturated rings. The molecule has 0 radical (unpaired) electrons. The summed E-state index contributed by atoms with van der Waals surface area (Å²) in [5, 5.41) is 0. The first-order chi connectivity index (χ1) is 20.4. The van der Waals surface area contributed by atoms with Crippen LogP contribution in [-0.2, 0) is 25.3 Å². The van der Waals surface area contributed by atoms with E-state index >= 15 is 0 Å². The molecule has 0 heterocycles. The molecular weight excluding hydrogens is 864 g/mol. The fourth-order valence-electron chi connectivity index (χ4n) is 3.16. The normalized spacial score (nSPS) is 13.0. The van der Waals surface area contributed by atoms with Crippen molar-refractivity contribution in [3.05, 3.63) is 135 Å². The Morgan fingerprint density at radius 3 is 1.02 bits per heavy atom. The molecule has 44 heavy (non-hydrogen) atoms. The van der Waals surface area contributed by atoms with Gasteiger partial charge in [-0.1, -0.05) is 0 Å². The first kappa shape index (κ1) is 36.2. The molecule has 0 aliphatic rings. The van der Waals surface area contributed by atoms with E-state index in [1.54, 1.807) is 123 Å². The molecule has 0 saturated heterocycles. The number of rotatable bonds is 8. The summed E-state index contributed by atoms with van der Waals surface area (Å²) < 4.78 is 133. The molecule has 0 bridgehead atoms. The number of hydrogen-bond donors (Lipinski definition) is 0. The zero-order valence-corrected chi connectivity index (χ0v) is 28.6. The van der Waals surface area contributed by atoms with Crippen LogP contribution in [0, 0.1) is 28.1 Å². The van der Waals surface area contributed by atoms with E-state index in [9.17, 15) is 43.2 Å². The van der Waals surface area contributed by atoms with Gasteiger partial charge < -0.3 is 0 Å². The third-order valence-corrected chi connectivity index (χ3v) is 20.2. The molecule has 0 unspecified atom stereocenters. The molecule has 6 nitrogen and oxygen atoms in total. The Balaban J connectivity index is 0.000000240. The zero-order chi connectivity index (χ0) is 32.8. The van der Waals surface area contributed by atoms with Crippen molar-refractivity contribution in [3.63, 3.8) is 0 Å². The van der Waals surface area contributed by atoms with Gasteiger partial charge in [-0.2, -0.15) is 0 Å². The Hall–Kier alpha value is -2.26. The number of hydrogen-bond acceptors (Lipinski definition) is 6. The van der Waals surface area contributed by atoms with Gasteiger partial charge in [0.1, 0.15) is 0 Å². The van der Waals surface area contributed by atoms with Gasteiger partial charge in [0.25, 0.3) is 0 Å². The first-order valence-corrected chi connectivity index (χ1v) is 21.0. The van der Waals surface area contributed by atoms with Crippen LogP contribution in [0.2, 0.25) is 0 Å². The maximum absolute atomic E-state index is 12.6. The SMILES string of the molecule is Cc1ccccc1I(OS(=O)(=O)C(F)(F)F)c1ccccc1.Cc1ccccc1I(OS(=O)(=O)C(F)(F)F)c1ccccc1. The fourth-order valence-corrected chi connectivity index (χ4v) is 16.8. The molecule has 16 heteroatoms. The van der Waals surface area contributed by atoms with Crippen molar-refractivity contribution in [1.82, 2.24) is 0 Å². The summed E-state index contributed by atoms with van der Waals surface area (Å²) >= 11 is -6.47. The summed E-state index contributed by atoms with van der Waals surface area (Å²) in [6, 6.07) is 29.7. The second kappa shape index (κ2) is 14.9. The van der Waals surface area contributed by atoms with Crippen LogP contribution in [0.1, 0.15) is 11.1 Å². The van der Waals surface area contributed by atoms with E-state index in [0.29, 0.717) is 25.4 Å². The molecule has 0 saturated carbocycles. The average Bonchev–Trinajstić information content (AvgIpc) is 2.96. The number of aryl methyl sites for hydroxylation is 2. The monoisotopic (exact) mass is 888 g/mol. The molecule has 0 aromatic heterocycles. The Morgan fingerprint density at radius 2 is 0.750 bits per heavy atom. The summed E-state index contributed by atoms with van der Waals surface area (Å²) in [5.74, 6) is 0. The summed E-state index contributed by atoms with van der Waals surface area (Å²) in [4.78, 5) is 0. The van der Waals surface area contributed by atoms with Crippen LogP contribution in [0.3, 0.4) is 0 Å². The van der Waals surface area contributed by atoms with Gasteiger partial charge in [-0.3, -0.25) is 0 Å². The molecule has 0 aliphatic carbocycles. The third-order valence-electron chi connectivity index (χ3n) is 5.24. The first-order valence-electron chi connectivity index (χ1n) is 12.1. The predicted octanol–water partition coefficient (Wildman–Crippen LogP) is 8.64. The van der Waals surface area contributed by atoms with Crippen molar-refractivity contribution < 1.29 is 48.2 Å². The summed E-state index contributed by atoms with van der Waals surface area (Å²) in [6.07, 6.45) is 0. The van der Waals surface area contributed by atoms with Gasteiger partial charge in [0.05, 0.1) is 0 Å². The Bertz CT molecular complexity index is 1620. The van der Waals surface area contributed by atoms with Gasteiger partial charge >= 0.3 is 268 Å². The zero-order valence-electron chi connectivity index (χ0n) is 22.7. The van der Waals surface area contributed by atoms with Crippen LogP contribution in [0.25, 0.3) is 0 Å². The molecule has 0 aliphatic heterocycles. The topological polar surface area (TPSA) is 86.7 Å². The fraction of sp³-hybridized carbons (Fsp3) is 0.143.